The summed E-state index contributed by atoms with van der Waals surface area (Å²) in [5, 5.41) is 9.01. The van der Waals surface area contributed by atoms with Gasteiger partial charge in [-0.1, -0.05) is 6.07 Å². The summed E-state index contributed by atoms with van der Waals surface area (Å²) >= 11 is 1.42. The fourth-order valence-electron chi connectivity index (χ4n) is 2.02. The fourth-order valence-corrected chi connectivity index (χ4v) is 2.85. The van der Waals surface area contributed by atoms with Crippen LogP contribution in [0.4, 0.5) is 18.9 Å². The molecule has 0 bridgehead atoms. The van der Waals surface area contributed by atoms with Crippen molar-refractivity contribution >= 4 is 17.0 Å². The second kappa shape index (κ2) is 6.03. The van der Waals surface area contributed by atoms with Crippen LogP contribution in [0.25, 0.3) is 0 Å². The summed E-state index contributed by atoms with van der Waals surface area (Å²) in [5.74, 6) is 0. The van der Waals surface area contributed by atoms with E-state index in [1.54, 1.807) is 17.5 Å². The van der Waals surface area contributed by atoms with Gasteiger partial charge in [-0.3, -0.25) is 0 Å². The van der Waals surface area contributed by atoms with Crippen molar-refractivity contribution < 1.29 is 18.3 Å². The summed E-state index contributed by atoms with van der Waals surface area (Å²) in [6, 6.07) is 3.89. The van der Waals surface area contributed by atoms with Crippen molar-refractivity contribution in [2.45, 2.75) is 26.3 Å². The number of aliphatic hydroxyl groups is 1. The molecule has 1 aromatic carbocycles. The first kappa shape index (κ1) is 15.8. The van der Waals surface area contributed by atoms with E-state index in [4.69, 9.17) is 5.11 Å². The zero-order valence-electron chi connectivity index (χ0n) is 11.6. The van der Waals surface area contributed by atoms with Crippen LogP contribution < -0.4 is 4.90 Å². The summed E-state index contributed by atoms with van der Waals surface area (Å²) in [4.78, 5) is 6.57. The van der Waals surface area contributed by atoms with Gasteiger partial charge in [-0.05, 0) is 24.6 Å². The number of alkyl halides is 3. The molecule has 0 aliphatic carbocycles. The highest BCUT2D eigenvalue weighted by molar-refractivity contribution is 7.09. The SMILES string of the molecule is Cc1ncsc1CN(C)c1ccc(CO)cc1C(F)(F)F. The number of nitrogens with zero attached hydrogens (tertiary/aromatic N) is 2. The van der Waals surface area contributed by atoms with Crippen LogP contribution in [0.2, 0.25) is 0 Å². The molecule has 1 heterocycles. The largest absolute Gasteiger partial charge is 0.418 e. The Labute approximate surface area is 124 Å². The molecule has 0 saturated carbocycles. The maximum atomic E-state index is 13.2. The minimum absolute atomic E-state index is 0.0903. The van der Waals surface area contributed by atoms with Gasteiger partial charge in [0.2, 0.25) is 0 Å². The number of aryl methyl sites for hydroxylation is 1. The molecule has 3 nitrogen and oxygen atoms in total. The fraction of sp³-hybridized carbons (Fsp3) is 0.357. The minimum atomic E-state index is -4.46. The smallest absolute Gasteiger partial charge is 0.392 e. The van der Waals surface area contributed by atoms with E-state index < -0.39 is 18.3 Å². The van der Waals surface area contributed by atoms with Crippen molar-refractivity contribution in [3.05, 3.63) is 45.4 Å². The van der Waals surface area contributed by atoms with Crippen molar-refractivity contribution in [1.29, 1.82) is 0 Å². The van der Waals surface area contributed by atoms with Gasteiger partial charge in [0.25, 0.3) is 0 Å². The first-order valence-electron chi connectivity index (χ1n) is 6.24. The summed E-state index contributed by atoms with van der Waals surface area (Å²) in [5.41, 5.74) is 2.10. The molecule has 114 valence electrons. The van der Waals surface area contributed by atoms with Crippen LogP contribution >= 0.6 is 11.3 Å². The molecule has 1 aromatic heterocycles. The lowest BCUT2D eigenvalue weighted by Gasteiger charge is -2.23. The Hall–Kier alpha value is -1.60. The zero-order chi connectivity index (χ0) is 15.6. The third-order valence-corrected chi connectivity index (χ3v) is 4.11. The highest BCUT2D eigenvalue weighted by Crippen LogP contribution is 2.37. The number of aliphatic hydroxyl groups excluding tert-OH is 1. The molecule has 0 unspecified atom stereocenters. The van der Waals surface area contributed by atoms with Crippen molar-refractivity contribution in [2.75, 3.05) is 11.9 Å². The van der Waals surface area contributed by atoms with E-state index >= 15 is 0 Å². The lowest BCUT2D eigenvalue weighted by atomic mass is 10.1. The number of aromatic nitrogens is 1. The molecule has 0 radical (unpaired) electrons. The number of thiazole rings is 1. The van der Waals surface area contributed by atoms with E-state index in [0.717, 1.165) is 16.6 Å². The van der Waals surface area contributed by atoms with E-state index in [2.05, 4.69) is 4.98 Å². The van der Waals surface area contributed by atoms with Gasteiger partial charge in [0, 0.05) is 17.6 Å². The topological polar surface area (TPSA) is 36.4 Å². The Balaban J connectivity index is 2.36. The normalized spacial score (nSPS) is 11.7. The summed E-state index contributed by atoms with van der Waals surface area (Å²) in [6.07, 6.45) is -4.46. The average Bonchev–Trinajstić information content (AvgIpc) is 2.82. The second-order valence-electron chi connectivity index (χ2n) is 4.72. The first-order valence-corrected chi connectivity index (χ1v) is 7.12. The van der Waals surface area contributed by atoms with Crippen molar-refractivity contribution in [3.8, 4) is 0 Å². The third kappa shape index (κ3) is 3.54. The maximum Gasteiger partial charge on any atom is 0.418 e. The van der Waals surface area contributed by atoms with Gasteiger partial charge in [0.1, 0.15) is 0 Å². The average molecular weight is 316 g/mol. The predicted molar refractivity (Wildman–Crippen MR) is 76.3 cm³/mol. The van der Waals surface area contributed by atoms with Gasteiger partial charge < -0.3 is 10.0 Å². The van der Waals surface area contributed by atoms with Crippen LogP contribution in [0, 0.1) is 6.92 Å². The lowest BCUT2D eigenvalue weighted by molar-refractivity contribution is -0.137. The number of hydrogen-bond acceptors (Lipinski definition) is 4. The molecule has 2 rings (SSSR count). The highest BCUT2D eigenvalue weighted by atomic mass is 32.1. The Bertz CT molecular complexity index is 625. The van der Waals surface area contributed by atoms with Crippen LogP contribution in [-0.4, -0.2) is 17.1 Å². The van der Waals surface area contributed by atoms with Gasteiger partial charge in [0.05, 0.1) is 29.9 Å². The Morgan fingerprint density at radius 1 is 1.33 bits per heavy atom. The maximum absolute atomic E-state index is 13.2. The van der Waals surface area contributed by atoms with Crippen molar-refractivity contribution in [1.82, 2.24) is 4.98 Å². The highest BCUT2D eigenvalue weighted by Gasteiger charge is 2.34. The Morgan fingerprint density at radius 3 is 2.57 bits per heavy atom. The quantitative estimate of drug-likeness (QED) is 0.936. The predicted octanol–water partition coefficient (Wildman–Crippen LogP) is 3.60. The number of rotatable bonds is 4. The van der Waals surface area contributed by atoms with Gasteiger partial charge in [-0.2, -0.15) is 13.2 Å². The van der Waals surface area contributed by atoms with E-state index in [-0.39, 0.29) is 11.3 Å². The minimum Gasteiger partial charge on any atom is -0.392 e. The van der Waals surface area contributed by atoms with Crippen molar-refractivity contribution in [3.63, 3.8) is 0 Å². The second-order valence-corrected chi connectivity index (χ2v) is 5.66. The molecule has 0 amide bonds. The van der Waals surface area contributed by atoms with E-state index in [1.807, 2.05) is 6.92 Å². The molecule has 1 N–H and O–H groups in total. The Kier molecular flexibility index (Phi) is 4.53. The van der Waals surface area contributed by atoms with Crippen LogP contribution in [0.5, 0.6) is 0 Å². The first-order chi connectivity index (χ1) is 9.82. The monoisotopic (exact) mass is 316 g/mol. The van der Waals surface area contributed by atoms with Gasteiger partial charge >= 0.3 is 6.18 Å². The molecule has 0 fully saturated rings. The molecule has 0 spiro atoms. The molecule has 2 aromatic rings. The summed E-state index contributed by atoms with van der Waals surface area (Å²) in [7, 11) is 1.61. The van der Waals surface area contributed by atoms with Gasteiger partial charge in [-0.25, -0.2) is 4.98 Å². The molecule has 0 aliphatic heterocycles. The number of halogens is 3. The van der Waals surface area contributed by atoms with Crippen molar-refractivity contribution in [2.24, 2.45) is 0 Å². The molecule has 21 heavy (non-hydrogen) atoms. The molecule has 0 atom stereocenters. The molecule has 7 heteroatoms. The van der Waals surface area contributed by atoms with Gasteiger partial charge in [-0.15, -0.1) is 11.3 Å². The molecule has 0 saturated heterocycles. The van der Waals surface area contributed by atoms with Crippen LogP contribution in [0.1, 0.15) is 21.7 Å². The summed E-state index contributed by atoms with van der Waals surface area (Å²) < 4.78 is 39.5. The molecular weight excluding hydrogens is 301 g/mol. The van der Waals surface area contributed by atoms with E-state index in [9.17, 15) is 13.2 Å². The third-order valence-electron chi connectivity index (χ3n) is 3.19. The van der Waals surface area contributed by atoms with Gasteiger partial charge in [0.15, 0.2) is 0 Å². The number of benzene rings is 1. The summed E-state index contributed by atoms with van der Waals surface area (Å²) in [6.45, 7) is 1.78. The standard InChI is InChI=1S/C14H15F3N2OS/c1-9-13(21-8-18-9)6-19(2)12-4-3-10(7-20)5-11(12)14(15,16)17/h3-5,8,20H,6-7H2,1-2H3. The van der Waals surface area contributed by atoms with E-state index in [1.165, 1.54) is 23.5 Å². The molecular formula is C14H15F3N2OS. The molecule has 0 aliphatic rings. The van der Waals surface area contributed by atoms with Crippen LogP contribution in [0.15, 0.2) is 23.7 Å². The number of anilines is 1. The lowest BCUT2D eigenvalue weighted by Crippen LogP contribution is -2.21. The number of hydrogen-bond donors (Lipinski definition) is 1. The van der Waals surface area contributed by atoms with Crippen LogP contribution in [0.3, 0.4) is 0 Å². The zero-order valence-corrected chi connectivity index (χ0v) is 12.4. The van der Waals surface area contributed by atoms with E-state index in [0.29, 0.717) is 6.54 Å². The van der Waals surface area contributed by atoms with Crippen LogP contribution in [-0.2, 0) is 19.3 Å². The Morgan fingerprint density at radius 2 is 2.05 bits per heavy atom.